The van der Waals surface area contributed by atoms with E-state index in [2.05, 4.69) is 15.5 Å². The highest BCUT2D eigenvalue weighted by Crippen LogP contribution is 2.10. The highest BCUT2D eigenvalue weighted by atomic mass is 32.2. The molecule has 0 aliphatic carbocycles. The van der Waals surface area contributed by atoms with E-state index in [4.69, 9.17) is 5.11 Å². The summed E-state index contributed by atoms with van der Waals surface area (Å²) in [4.78, 5) is 10.0. The van der Waals surface area contributed by atoms with E-state index in [1.165, 1.54) is 11.8 Å². The maximum atomic E-state index is 10.0. The second-order valence-corrected chi connectivity index (χ2v) is 2.94. The summed E-state index contributed by atoms with van der Waals surface area (Å²) in [6, 6.07) is 0. The van der Waals surface area contributed by atoms with Crippen LogP contribution in [0.25, 0.3) is 0 Å². The third-order valence-electron chi connectivity index (χ3n) is 1.09. The SMILES string of the molecule is Cn1cnnc1SCNC(=O)O. The van der Waals surface area contributed by atoms with Crippen LogP contribution in [0.3, 0.4) is 0 Å². The summed E-state index contributed by atoms with van der Waals surface area (Å²) >= 11 is 1.28. The molecule has 1 aromatic heterocycles. The smallest absolute Gasteiger partial charge is 0.405 e. The quantitative estimate of drug-likeness (QED) is 0.520. The molecule has 7 heteroatoms. The Balaban J connectivity index is 2.33. The van der Waals surface area contributed by atoms with Crippen molar-refractivity contribution in [1.82, 2.24) is 20.1 Å². The highest BCUT2D eigenvalue weighted by Gasteiger charge is 2.01. The Morgan fingerprint density at radius 2 is 2.67 bits per heavy atom. The number of rotatable bonds is 3. The van der Waals surface area contributed by atoms with Crippen LogP contribution in [0.4, 0.5) is 4.79 Å². The molecule has 0 saturated heterocycles. The van der Waals surface area contributed by atoms with E-state index in [9.17, 15) is 4.79 Å². The van der Waals surface area contributed by atoms with Crippen molar-refractivity contribution in [3.63, 3.8) is 0 Å². The molecular weight excluding hydrogens is 180 g/mol. The van der Waals surface area contributed by atoms with E-state index >= 15 is 0 Å². The first kappa shape index (κ1) is 8.85. The Kier molecular flexibility index (Phi) is 2.92. The summed E-state index contributed by atoms with van der Waals surface area (Å²) in [7, 11) is 1.79. The van der Waals surface area contributed by atoms with Crippen molar-refractivity contribution in [2.24, 2.45) is 7.05 Å². The van der Waals surface area contributed by atoms with Crippen molar-refractivity contribution in [3.05, 3.63) is 6.33 Å². The summed E-state index contributed by atoms with van der Waals surface area (Å²) < 4.78 is 1.72. The third-order valence-corrected chi connectivity index (χ3v) is 2.01. The second kappa shape index (κ2) is 3.96. The van der Waals surface area contributed by atoms with Gasteiger partial charge in [0.2, 0.25) is 0 Å². The molecule has 66 valence electrons. The maximum Gasteiger partial charge on any atom is 0.405 e. The van der Waals surface area contributed by atoms with Crippen LogP contribution in [0.5, 0.6) is 0 Å². The van der Waals surface area contributed by atoms with Crippen molar-refractivity contribution in [1.29, 1.82) is 0 Å². The molecule has 0 bridgehead atoms. The van der Waals surface area contributed by atoms with Crippen molar-refractivity contribution < 1.29 is 9.90 Å². The van der Waals surface area contributed by atoms with Gasteiger partial charge in [0.25, 0.3) is 0 Å². The maximum absolute atomic E-state index is 10.0. The van der Waals surface area contributed by atoms with Gasteiger partial charge < -0.3 is 15.0 Å². The Labute approximate surface area is 73.0 Å². The van der Waals surface area contributed by atoms with Crippen LogP contribution in [0.1, 0.15) is 0 Å². The minimum Gasteiger partial charge on any atom is -0.465 e. The first-order chi connectivity index (χ1) is 5.70. The number of aryl methyl sites for hydroxylation is 1. The predicted octanol–water partition coefficient (Wildman–Crippen LogP) is 0.132. The van der Waals surface area contributed by atoms with E-state index in [-0.39, 0.29) is 5.88 Å². The van der Waals surface area contributed by atoms with Gasteiger partial charge in [0.05, 0.1) is 5.88 Å². The van der Waals surface area contributed by atoms with Crippen LogP contribution >= 0.6 is 11.8 Å². The van der Waals surface area contributed by atoms with Gasteiger partial charge in [-0.3, -0.25) is 0 Å². The number of hydrogen-bond donors (Lipinski definition) is 2. The summed E-state index contributed by atoms with van der Waals surface area (Å²) in [5.74, 6) is 0.280. The zero-order valence-corrected chi connectivity index (χ0v) is 7.21. The minimum atomic E-state index is -1.04. The molecule has 6 nitrogen and oxygen atoms in total. The molecule has 0 saturated carbocycles. The number of nitrogens with zero attached hydrogens (tertiary/aromatic N) is 3. The zero-order chi connectivity index (χ0) is 8.97. The Morgan fingerprint density at radius 3 is 3.17 bits per heavy atom. The lowest BCUT2D eigenvalue weighted by atomic mass is 11.1. The van der Waals surface area contributed by atoms with E-state index in [0.29, 0.717) is 5.16 Å². The lowest BCUT2D eigenvalue weighted by molar-refractivity contribution is 0.196. The largest absolute Gasteiger partial charge is 0.465 e. The normalized spacial score (nSPS) is 9.75. The van der Waals surface area contributed by atoms with Crippen LogP contribution in [-0.2, 0) is 7.05 Å². The van der Waals surface area contributed by atoms with Gasteiger partial charge in [0, 0.05) is 7.05 Å². The van der Waals surface area contributed by atoms with Gasteiger partial charge in [-0.25, -0.2) is 4.79 Å². The first-order valence-corrected chi connectivity index (χ1v) is 4.12. The van der Waals surface area contributed by atoms with Crippen molar-refractivity contribution in [2.75, 3.05) is 5.88 Å². The fourth-order valence-corrected chi connectivity index (χ4v) is 1.25. The van der Waals surface area contributed by atoms with Gasteiger partial charge in [-0.05, 0) is 0 Å². The molecular formula is C5H8N4O2S. The second-order valence-electron chi connectivity index (χ2n) is 2.00. The van der Waals surface area contributed by atoms with E-state index in [1.807, 2.05) is 0 Å². The van der Waals surface area contributed by atoms with Crippen molar-refractivity contribution >= 4 is 17.9 Å². The van der Waals surface area contributed by atoms with Gasteiger partial charge in [0.15, 0.2) is 5.16 Å². The Morgan fingerprint density at radius 1 is 1.92 bits per heavy atom. The summed E-state index contributed by atoms with van der Waals surface area (Å²) in [6.45, 7) is 0. The van der Waals surface area contributed by atoms with Crippen LogP contribution in [0, 0.1) is 0 Å². The summed E-state index contributed by atoms with van der Waals surface area (Å²) in [5, 5.41) is 18.5. The van der Waals surface area contributed by atoms with E-state index < -0.39 is 6.09 Å². The molecule has 0 unspecified atom stereocenters. The minimum absolute atomic E-state index is 0.280. The average Bonchev–Trinajstić information content (AvgIpc) is 2.36. The molecule has 0 spiro atoms. The molecule has 12 heavy (non-hydrogen) atoms. The van der Waals surface area contributed by atoms with Gasteiger partial charge in [-0.2, -0.15) is 0 Å². The molecule has 0 radical (unpaired) electrons. The predicted molar refractivity (Wildman–Crippen MR) is 42.9 cm³/mol. The Bertz CT molecular complexity index is 274. The van der Waals surface area contributed by atoms with Crippen molar-refractivity contribution in [3.8, 4) is 0 Å². The topological polar surface area (TPSA) is 80.0 Å². The van der Waals surface area contributed by atoms with Gasteiger partial charge in [0.1, 0.15) is 6.33 Å². The highest BCUT2D eigenvalue weighted by molar-refractivity contribution is 7.99. The standard InChI is InChI=1S/C5H8N4O2S/c1-9-2-7-8-4(9)12-3-6-5(10)11/h2,6H,3H2,1H3,(H,10,11). The van der Waals surface area contributed by atoms with Gasteiger partial charge in [-0.15, -0.1) is 10.2 Å². The Hall–Kier alpha value is -1.24. The molecule has 1 amide bonds. The lowest BCUT2D eigenvalue weighted by Crippen LogP contribution is -2.19. The first-order valence-electron chi connectivity index (χ1n) is 3.13. The average molecular weight is 188 g/mol. The molecule has 0 aliphatic heterocycles. The van der Waals surface area contributed by atoms with Gasteiger partial charge >= 0.3 is 6.09 Å². The van der Waals surface area contributed by atoms with E-state index in [0.717, 1.165) is 0 Å². The third kappa shape index (κ3) is 2.42. The number of nitrogens with one attached hydrogen (secondary N) is 1. The zero-order valence-electron chi connectivity index (χ0n) is 6.39. The van der Waals surface area contributed by atoms with Crippen LogP contribution in [-0.4, -0.2) is 31.8 Å². The summed E-state index contributed by atoms with van der Waals surface area (Å²) in [5.41, 5.74) is 0. The number of amides is 1. The number of hydrogen-bond acceptors (Lipinski definition) is 4. The molecule has 0 aliphatic rings. The van der Waals surface area contributed by atoms with Crippen LogP contribution in [0.15, 0.2) is 11.5 Å². The molecule has 1 aromatic rings. The van der Waals surface area contributed by atoms with Crippen LogP contribution < -0.4 is 5.32 Å². The fourth-order valence-electron chi connectivity index (χ4n) is 0.566. The molecule has 2 N–H and O–H groups in total. The summed E-state index contributed by atoms with van der Waals surface area (Å²) in [6.07, 6.45) is 0.521. The van der Waals surface area contributed by atoms with E-state index in [1.54, 1.807) is 17.9 Å². The molecule has 0 aromatic carbocycles. The number of carboxylic acid groups (broad SMARTS) is 1. The van der Waals surface area contributed by atoms with Crippen molar-refractivity contribution in [2.45, 2.75) is 5.16 Å². The molecule has 0 fully saturated rings. The molecule has 1 heterocycles. The fraction of sp³-hybridized carbons (Fsp3) is 0.400. The number of aromatic nitrogens is 3. The molecule has 1 rings (SSSR count). The van der Waals surface area contributed by atoms with Crippen LogP contribution in [0.2, 0.25) is 0 Å². The monoisotopic (exact) mass is 188 g/mol. The number of carbonyl (C=O) groups is 1. The molecule has 0 atom stereocenters. The lowest BCUT2D eigenvalue weighted by Gasteiger charge is -1.98. The number of thioether (sulfide) groups is 1. The van der Waals surface area contributed by atoms with Gasteiger partial charge in [-0.1, -0.05) is 11.8 Å².